The first kappa shape index (κ1) is 12.8. The Bertz CT molecular complexity index is 386. The van der Waals surface area contributed by atoms with Crippen LogP contribution in [0, 0.1) is 5.92 Å². The van der Waals surface area contributed by atoms with Gasteiger partial charge in [0.2, 0.25) is 0 Å². The molecular formula is C12H18BrN3O. The number of nitrogens with zero attached hydrogens (tertiary/aromatic N) is 3. The Morgan fingerprint density at radius 2 is 2.35 bits per heavy atom. The van der Waals surface area contributed by atoms with Crippen LogP contribution in [0.4, 0.5) is 5.82 Å². The minimum Gasteiger partial charge on any atom is -0.396 e. The molecule has 1 aliphatic heterocycles. The second-order valence-corrected chi connectivity index (χ2v) is 5.27. The first-order valence-electron chi connectivity index (χ1n) is 6.12. The van der Waals surface area contributed by atoms with Gasteiger partial charge in [0.1, 0.15) is 16.2 Å². The number of halogens is 1. The van der Waals surface area contributed by atoms with Crippen molar-refractivity contribution in [3.05, 3.63) is 16.5 Å². The molecule has 1 atom stereocenters. The standard InChI is InChI=1S/C12H18BrN3O/c1-2-11-14-10(13)6-12(15-11)16-5-3-4-9(7-16)8-17/h6,9,17H,2-5,7-8H2,1H3. The zero-order chi connectivity index (χ0) is 12.3. The molecule has 0 amide bonds. The molecule has 0 radical (unpaired) electrons. The topological polar surface area (TPSA) is 49.2 Å². The molecule has 0 aliphatic carbocycles. The quantitative estimate of drug-likeness (QED) is 0.868. The van der Waals surface area contributed by atoms with Crippen LogP contribution in [0.2, 0.25) is 0 Å². The normalized spacial score (nSPS) is 20.6. The van der Waals surface area contributed by atoms with Crippen LogP contribution in [-0.2, 0) is 6.42 Å². The molecule has 94 valence electrons. The Morgan fingerprint density at radius 1 is 1.53 bits per heavy atom. The molecule has 0 bridgehead atoms. The zero-order valence-electron chi connectivity index (χ0n) is 10.1. The number of rotatable bonds is 3. The van der Waals surface area contributed by atoms with Crippen LogP contribution in [0.15, 0.2) is 10.7 Å². The first-order chi connectivity index (χ1) is 8.22. The van der Waals surface area contributed by atoms with E-state index >= 15 is 0 Å². The average Bonchev–Trinajstić information content (AvgIpc) is 2.38. The maximum absolute atomic E-state index is 9.24. The highest BCUT2D eigenvalue weighted by Crippen LogP contribution is 2.23. The van der Waals surface area contributed by atoms with E-state index in [-0.39, 0.29) is 6.61 Å². The summed E-state index contributed by atoms with van der Waals surface area (Å²) in [5.41, 5.74) is 0. The van der Waals surface area contributed by atoms with Crippen molar-refractivity contribution in [3.8, 4) is 0 Å². The van der Waals surface area contributed by atoms with Gasteiger partial charge in [0, 0.05) is 32.2 Å². The fourth-order valence-corrected chi connectivity index (χ4v) is 2.60. The van der Waals surface area contributed by atoms with E-state index in [1.165, 1.54) is 0 Å². The van der Waals surface area contributed by atoms with E-state index in [1.54, 1.807) is 0 Å². The summed E-state index contributed by atoms with van der Waals surface area (Å²) < 4.78 is 0.838. The van der Waals surface area contributed by atoms with E-state index in [9.17, 15) is 5.11 Å². The predicted molar refractivity (Wildman–Crippen MR) is 71.1 cm³/mol. The third-order valence-electron chi connectivity index (χ3n) is 3.15. The Hall–Kier alpha value is -0.680. The molecule has 2 heterocycles. The summed E-state index contributed by atoms with van der Waals surface area (Å²) in [4.78, 5) is 11.1. The number of aliphatic hydroxyl groups is 1. The molecule has 1 fully saturated rings. The molecule has 0 spiro atoms. The monoisotopic (exact) mass is 299 g/mol. The Morgan fingerprint density at radius 3 is 3.06 bits per heavy atom. The molecule has 1 N–H and O–H groups in total. The van der Waals surface area contributed by atoms with Gasteiger partial charge in [0.25, 0.3) is 0 Å². The maximum atomic E-state index is 9.24. The van der Waals surface area contributed by atoms with Gasteiger partial charge < -0.3 is 10.0 Å². The van der Waals surface area contributed by atoms with E-state index in [1.807, 2.05) is 6.07 Å². The SMILES string of the molecule is CCc1nc(Br)cc(N2CCCC(CO)C2)n1. The Labute approximate surface area is 110 Å². The summed E-state index contributed by atoms with van der Waals surface area (Å²) >= 11 is 3.43. The molecule has 1 aromatic heterocycles. The van der Waals surface area contributed by atoms with Crippen molar-refractivity contribution in [1.29, 1.82) is 0 Å². The third kappa shape index (κ3) is 3.16. The molecule has 1 saturated heterocycles. The second kappa shape index (κ2) is 5.78. The molecule has 5 heteroatoms. The number of hydrogen-bond acceptors (Lipinski definition) is 4. The van der Waals surface area contributed by atoms with Crippen LogP contribution in [0.25, 0.3) is 0 Å². The summed E-state index contributed by atoms with van der Waals surface area (Å²) in [6, 6.07) is 1.96. The largest absolute Gasteiger partial charge is 0.396 e. The van der Waals surface area contributed by atoms with Crippen LogP contribution in [0.5, 0.6) is 0 Å². The zero-order valence-corrected chi connectivity index (χ0v) is 11.7. The van der Waals surface area contributed by atoms with E-state index in [0.717, 1.165) is 48.6 Å². The molecule has 1 aliphatic rings. The smallest absolute Gasteiger partial charge is 0.133 e. The fraction of sp³-hybridized carbons (Fsp3) is 0.667. The summed E-state index contributed by atoms with van der Waals surface area (Å²) in [6.45, 7) is 4.23. The molecule has 1 aromatic rings. The third-order valence-corrected chi connectivity index (χ3v) is 3.55. The highest BCUT2D eigenvalue weighted by molar-refractivity contribution is 9.10. The highest BCUT2D eigenvalue weighted by Gasteiger charge is 2.20. The molecule has 0 saturated carbocycles. The number of piperidine rings is 1. The number of aliphatic hydroxyl groups excluding tert-OH is 1. The maximum Gasteiger partial charge on any atom is 0.133 e. The molecule has 17 heavy (non-hydrogen) atoms. The van der Waals surface area contributed by atoms with Gasteiger partial charge in [-0.15, -0.1) is 0 Å². The Balaban J connectivity index is 2.18. The molecule has 4 nitrogen and oxygen atoms in total. The summed E-state index contributed by atoms with van der Waals surface area (Å²) in [5.74, 6) is 2.21. The molecule has 2 rings (SSSR count). The van der Waals surface area contributed by atoms with Crippen molar-refractivity contribution in [3.63, 3.8) is 0 Å². The first-order valence-corrected chi connectivity index (χ1v) is 6.91. The van der Waals surface area contributed by atoms with Crippen LogP contribution >= 0.6 is 15.9 Å². The van der Waals surface area contributed by atoms with Gasteiger partial charge in [0.15, 0.2) is 0 Å². The van der Waals surface area contributed by atoms with Gasteiger partial charge in [-0.25, -0.2) is 9.97 Å². The van der Waals surface area contributed by atoms with Crippen LogP contribution in [0.3, 0.4) is 0 Å². The van der Waals surface area contributed by atoms with Gasteiger partial charge >= 0.3 is 0 Å². The summed E-state index contributed by atoms with van der Waals surface area (Å²) in [6.07, 6.45) is 3.07. The highest BCUT2D eigenvalue weighted by atomic mass is 79.9. The molecule has 0 aromatic carbocycles. The molecule has 1 unspecified atom stereocenters. The summed E-state index contributed by atoms with van der Waals surface area (Å²) in [5, 5.41) is 9.24. The summed E-state index contributed by atoms with van der Waals surface area (Å²) in [7, 11) is 0. The van der Waals surface area contributed by atoms with E-state index in [0.29, 0.717) is 5.92 Å². The second-order valence-electron chi connectivity index (χ2n) is 4.46. The fourth-order valence-electron chi connectivity index (χ4n) is 2.19. The van der Waals surface area contributed by atoms with Gasteiger partial charge in [-0.05, 0) is 34.7 Å². The van der Waals surface area contributed by atoms with Gasteiger partial charge in [-0.1, -0.05) is 6.92 Å². The van der Waals surface area contributed by atoms with E-state index in [2.05, 4.69) is 37.7 Å². The van der Waals surface area contributed by atoms with Crippen molar-refractivity contribution >= 4 is 21.7 Å². The van der Waals surface area contributed by atoms with Crippen molar-refractivity contribution in [1.82, 2.24) is 9.97 Å². The minimum absolute atomic E-state index is 0.267. The van der Waals surface area contributed by atoms with Crippen LogP contribution in [-0.4, -0.2) is 34.8 Å². The van der Waals surface area contributed by atoms with Crippen molar-refractivity contribution in [2.24, 2.45) is 5.92 Å². The van der Waals surface area contributed by atoms with Crippen molar-refractivity contribution in [2.45, 2.75) is 26.2 Å². The lowest BCUT2D eigenvalue weighted by atomic mass is 9.99. The predicted octanol–water partition coefficient (Wildman–Crippen LogP) is 2.01. The lowest BCUT2D eigenvalue weighted by Crippen LogP contribution is -2.37. The lowest BCUT2D eigenvalue weighted by Gasteiger charge is -2.32. The van der Waals surface area contributed by atoms with Gasteiger partial charge in [-0.2, -0.15) is 0 Å². The number of aryl methyl sites for hydroxylation is 1. The van der Waals surface area contributed by atoms with Gasteiger partial charge in [0.05, 0.1) is 0 Å². The number of aromatic nitrogens is 2. The molecular weight excluding hydrogens is 282 g/mol. The minimum atomic E-state index is 0.267. The van der Waals surface area contributed by atoms with E-state index in [4.69, 9.17) is 0 Å². The van der Waals surface area contributed by atoms with Crippen LogP contribution < -0.4 is 4.90 Å². The van der Waals surface area contributed by atoms with Crippen LogP contribution in [0.1, 0.15) is 25.6 Å². The van der Waals surface area contributed by atoms with Crippen molar-refractivity contribution < 1.29 is 5.11 Å². The Kier molecular flexibility index (Phi) is 4.34. The lowest BCUT2D eigenvalue weighted by molar-refractivity contribution is 0.208. The van der Waals surface area contributed by atoms with E-state index < -0.39 is 0 Å². The number of hydrogen-bond donors (Lipinski definition) is 1. The van der Waals surface area contributed by atoms with Crippen molar-refractivity contribution in [2.75, 3.05) is 24.6 Å². The number of anilines is 1. The average molecular weight is 300 g/mol. The van der Waals surface area contributed by atoms with Gasteiger partial charge in [-0.3, -0.25) is 0 Å².